The molecule has 0 aromatic carbocycles. The lowest BCUT2D eigenvalue weighted by Gasteiger charge is -2.16. The van der Waals surface area contributed by atoms with E-state index in [1.54, 1.807) is 0 Å². The minimum Gasteiger partial charge on any atom is -0.307 e. The highest BCUT2D eigenvalue weighted by Crippen LogP contribution is 2.26. The van der Waals surface area contributed by atoms with Crippen molar-refractivity contribution in [1.82, 2.24) is 5.32 Å². The molecule has 0 aromatic rings. The Kier molecular flexibility index (Phi) is 4.94. The third-order valence-electron chi connectivity index (χ3n) is 2.77. The van der Waals surface area contributed by atoms with Gasteiger partial charge >= 0.3 is 0 Å². The predicted octanol–water partition coefficient (Wildman–Crippen LogP) is 3.46. The molecule has 2 heteroatoms. The van der Waals surface area contributed by atoms with Crippen LogP contribution < -0.4 is 5.32 Å². The van der Waals surface area contributed by atoms with Gasteiger partial charge in [-0.1, -0.05) is 32.9 Å². The van der Waals surface area contributed by atoms with Crippen LogP contribution in [0.1, 0.15) is 47.5 Å². The molecule has 0 aliphatic carbocycles. The average Bonchev–Trinajstić information content (AvgIpc) is 2.61. The third-order valence-corrected chi connectivity index (χ3v) is 2.77. The molecule has 0 saturated heterocycles. The number of aliphatic imine (C=N–C) groups is 1. The summed E-state index contributed by atoms with van der Waals surface area (Å²) in [6.07, 6.45) is 6.49. The molecular weight excluding hydrogens is 196 g/mol. The van der Waals surface area contributed by atoms with Gasteiger partial charge in [-0.25, -0.2) is 0 Å². The van der Waals surface area contributed by atoms with Gasteiger partial charge < -0.3 is 5.32 Å². The van der Waals surface area contributed by atoms with E-state index in [1.165, 1.54) is 11.3 Å². The molecule has 1 aliphatic heterocycles. The first-order valence-electron chi connectivity index (χ1n) is 6.27. The number of allylic oxidation sites excluding steroid dienone is 3. The molecular formula is C14H24N2. The fraction of sp³-hybridized carbons (Fsp3) is 0.643. The summed E-state index contributed by atoms with van der Waals surface area (Å²) in [6, 6.07) is 0.878. The molecule has 0 saturated carbocycles. The topological polar surface area (TPSA) is 24.4 Å². The van der Waals surface area contributed by atoms with E-state index in [9.17, 15) is 0 Å². The van der Waals surface area contributed by atoms with Gasteiger partial charge in [-0.05, 0) is 25.8 Å². The normalized spacial score (nSPS) is 23.2. The number of hydrogen-bond donors (Lipinski definition) is 1. The molecule has 0 fully saturated rings. The second-order valence-corrected chi connectivity index (χ2v) is 4.63. The second-order valence-electron chi connectivity index (χ2n) is 4.63. The van der Waals surface area contributed by atoms with Crippen molar-refractivity contribution in [3.05, 3.63) is 23.4 Å². The molecule has 0 spiro atoms. The molecule has 1 N–H and O–H groups in total. The van der Waals surface area contributed by atoms with Crippen molar-refractivity contribution in [3.8, 4) is 0 Å². The van der Waals surface area contributed by atoms with Crippen LogP contribution in [0.15, 0.2) is 28.4 Å². The van der Waals surface area contributed by atoms with E-state index in [4.69, 9.17) is 4.99 Å². The number of rotatable bonds is 4. The summed E-state index contributed by atoms with van der Waals surface area (Å²) in [4.78, 5) is 4.71. The van der Waals surface area contributed by atoms with Gasteiger partial charge in [-0.3, -0.25) is 4.99 Å². The zero-order chi connectivity index (χ0) is 12.1. The molecule has 2 nitrogen and oxygen atoms in total. The van der Waals surface area contributed by atoms with Crippen LogP contribution in [0.5, 0.6) is 0 Å². The lowest BCUT2D eigenvalue weighted by Crippen LogP contribution is -2.37. The van der Waals surface area contributed by atoms with E-state index in [0.29, 0.717) is 12.1 Å². The van der Waals surface area contributed by atoms with Gasteiger partial charge in [0.1, 0.15) is 0 Å². The van der Waals surface area contributed by atoms with Crippen molar-refractivity contribution < 1.29 is 0 Å². The van der Waals surface area contributed by atoms with Gasteiger partial charge in [0.2, 0.25) is 0 Å². The van der Waals surface area contributed by atoms with Crippen LogP contribution in [-0.4, -0.2) is 17.8 Å². The Morgan fingerprint density at radius 1 is 1.38 bits per heavy atom. The van der Waals surface area contributed by atoms with Gasteiger partial charge in [0.25, 0.3) is 0 Å². The molecule has 0 amide bonds. The zero-order valence-electron chi connectivity index (χ0n) is 11.2. The summed E-state index contributed by atoms with van der Waals surface area (Å²) < 4.78 is 0. The maximum Gasteiger partial charge on any atom is 0.0619 e. The van der Waals surface area contributed by atoms with Crippen molar-refractivity contribution in [2.24, 2.45) is 4.99 Å². The van der Waals surface area contributed by atoms with E-state index >= 15 is 0 Å². The van der Waals surface area contributed by atoms with Gasteiger partial charge in [0.15, 0.2) is 0 Å². The van der Waals surface area contributed by atoms with Crippen molar-refractivity contribution in [2.45, 2.75) is 59.5 Å². The van der Waals surface area contributed by atoms with Crippen molar-refractivity contribution in [3.63, 3.8) is 0 Å². The van der Waals surface area contributed by atoms with E-state index in [2.05, 4.69) is 52.1 Å². The van der Waals surface area contributed by atoms with Gasteiger partial charge in [0, 0.05) is 24.2 Å². The molecule has 0 radical (unpaired) electrons. The fourth-order valence-corrected chi connectivity index (χ4v) is 2.07. The Morgan fingerprint density at radius 3 is 2.56 bits per heavy atom. The highest BCUT2D eigenvalue weighted by atomic mass is 15.0. The van der Waals surface area contributed by atoms with Gasteiger partial charge in [-0.2, -0.15) is 0 Å². The predicted molar refractivity (Wildman–Crippen MR) is 71.9 cm³/mol. The second kappa shape index (κ2) is 6.00. The van der Waals surface area contributed by atoms with Crippen LogP contribution in [0, 0.1) is 0 Å². The monoisotopic (exact) mass is 220 g/mol. The minimum absolute atomic E-state index is 0.373. The molecule has 16 heavy (non-hydrogen) atoms. The molecule has 0 unspecified atom stereocenters. The summed E-state index contributed by atoms with van der Waals surface area (Å²) in [6.45, 7) is 10.8. The summed E-state index contributed by atoms with van der Waals surface area (Å²) >= 11 is 0. The summed E-state index contributed by atoms with van der Waals surface area (Å²) in [5, 5.41) is 3.51. The molecule has 0 bridgehead atoms. The van der Waals surface area contributed by atoms with E-state index in [-0.39, 0.29) is 0 Å². The number of nitrogens with zero attached hydrogens (tertiary/aromatic N) is 1. The molecule has 1 aliphatic rings. The third kappa shape index (κ3) is 3.31. The maximum absolute atomic E-state index is 4.71. The number of hydrogen-bond acceptors (Lipinski definition) is 2. The van der Waals surface area contributed by atoms with Crippen LogP contribution in [-0.2, 0) is 0 Å². The highest BCUT2D eigenvalue weighted by Gasteiger charge is 2.20. The first kappa shape index (κ1) is 13.2. The van der Waals surface area contributed by atoms with Crippen molar-refractivity contribution in [2.75, 3.05) is 0 Å². The highest BCUT2D eigenvalue weighted by molar-refractivity contribution is 5.95. The van der Waals surface area contributed by atoms with Crippen molar-refractivity contribution >= 4 is 5.71 Å². The Labute approximate surface area is 99.5 Å². The Hall–Kier alpha value is -0.890. The van der Waals surface area contributed by atoms with Crippen LogP contribution in [0.4, 0.5) is 0 Å². The number of nitrogens with one attached hydrogen (secondary N) is 1. The SMILES string of the molecule is C/C=C1/N=C([C@H](C)NC(C)C)C/C1=C/CC. The van der Waals surface area contributed by atoms with Crippen LogP contribution in [0.25, 0.3) is 0 Å². The lowest BCUT2D eigenvalue weighted by molar-refractivity contribution is 0.564. The van der Waals surface area contributed by atoms with E-state index in [0.717, 1.165) is 18.5 Å². The molecule has 1 atom stereocenters. The van der Waals surface area contributed by atoms with Crippen LogP contribution >= 0.6 is 0 Å². The molecule has 1 rings (SSSR count). The average molecular weight is 220 g/mol. The molecule has 1 heterocycles. The quantitative estimate of drug-likeness (QED) is 0.771. The summed E-state index contributed by atoms with van der Waals surface area (Å²) in [5.74, 6) is 0. The summed E-state index contributed by atoms with van der Waals surface area (Å²) in [5.41, 5.74) is 3.81. The maximum atomic E-state index is 4.71. The Morgan fingerprint density at radius 2 is 2.06 bits per heavy atom. The van der Waals surface area contributed by atoms with Crippen LogP contribution in [0.2, 0.25) is 0 Å². The van der Waals surface area contributed by atoms with Crippen LogP contribution in [0.3, 0.4) is 0 Å². The Bertz CT molecular complexity index is 322. The smallest absolute Gasteiger partial charge is 0.0619 e. The van der Waals surface area contributed by atoms with Gasteiger partial charge in [-0.15, -0.1) is 0 Å². The Balaban J connectivity index is 2.75. The minimum atomic E-state index is 0.373. The fourth-order valence-electron chi connectivity index (χ4n) is 2.07. The van der Waals surface area contributed by atoms with E-state index < -0.39 is 0 Å². The first-order chi connectivity index (χ1) is 7.58. The standard InChI is InChI=1S/C14H24N2/c1-6-8-12-9-14(16-13(12)7-2)11(5)15-10(3)4/h7-8,10-11,15H,6,9H2,1-5H3/b12-8-,13-7+/t11-/m0/s1. The summed E-state index contributed by atoms with van der Waals surface area (Å²) in [7, 11) is 0. The van der Waals surface area contributed by atoms with Crippen molar-refractivity contribution in [1.29, 1.82) is 0 Å². The van der Waals surface area contributed by atoms with Gasteiger partial charge in [0.05, 0.1) is 5.70 Å². The zero-order valence-corrected chi connectivity index (χ0v) is 11.2. The largest absolute Gasteiger partial charge is 0.307 e. The first-order valence-corrected chi connectivity index (χ1v) is 6.27. The lowest BCUT2D eigenvalue weighted by atomic mass is 10.0. The van der Waals surface area contributed by atoms with E-state index in [1.807, 2.05) is 0 Å². The molecule has 90 valence electrons. The molecule has 0 aromatic heterocycles.